The zero-order chi connectivity index (χ0) is 19.5. The maximum atomic E-state index is 12.9. The quantitative estimate of drug-likeness (QED) is 0.736. The van der Waals surface area contributed by atoms with Crippen LogP contribution in [-0.2, 0) is 6.42 Å². The fourth-order valence-electron chi connectivity index (χ4n) is 3.40. The molecule has 0 saturated heterocycles. The Bertz CT molecular complexity index is 1040. The van der Waals surface area contributed by atoms with E-state index >= 15 is 0 Å². The predicted octanol–water partition coefficient (Wildman–Crippen LogP) is 3.23. The van der Waals surface area contributed by atoms with Gasteiger partial charge in [-0.25, -0.2) is 14.8 Å². The van der Waals surface area contributed by atoms with Crippen molar-refractivity contribution in [1.29, 1.82) is 0 Å². The van der Waals surface area contributed by atoms with Gasteiger partial charge in [0, 0.05) is 24.0 Å². The number of aromatic nitrogens is 2. The summed E-state index contributed by atoms with van der Waals surface area (Å²) in [5, 5.41) is 2.88. The van der Waals surface area contributed by atoms with Crippen molar-refractivity contribution in [2.75, 3.05) is 16.8 Å². The van der Waals surface area contributed by atoms with Crippen molar-refractivity contribution in [3.63, 3.8) is 0 Å². The Morgan fingerprint density at radius 1 is 1.11 bits per heavy atom. The highest BCUT2D eigenvalue weighted by Crippen LogP contribution is 2.30. The Hall–Kier alpha value is -3.74. The van der Waals surface area contributed by atoms with E-state index < -0.39 is 6.03 Å². The molecule has 2 aromatic carbocycles. The zero-order valence-electron chi connectivity index (χ0n) is 15.1. The molecule has 2 heterocycles. The van der Waals surface area contributed by atoms with Crippen LogP contribution in [0.1, 0.15) is 22.3 Å². The fraction of sp³-hybridized carbons (Fsp3) is 0.143. The summed E-state index contributed by atoms with van der Waals surface area (Å²) in [4.78, 5) is 34.4. The van der Waals surface area contributed by atoms with Crippen LogP contribution in [0.2, 0.25) is 0 Å². The number of hydrogen-bond acceptors (Lipinski definition) is 4. The van der Waals surface area contributed by atoms with Gasteiger partial charge in [-0.05, 0) is 30.5 Å². The number of fused-ring (bicyclic) bond motifs is 1. The van der Waals surface area contributed by atoms with Crippen molar-refractivity contribution in [1.82, 2.24) is 9.97 Å². The number of primary amides is 1. The summed E-state index contributed by atoms with van der Waals surface area (Å²) in [6.07, 6.45) is 4.66. The molecular weight excluding hydrogens is 354 g/mol. The molecule has 3 N–H and O–H groups in total. The predicted molar refractivity (Wildman–Crippen MR) is 107 cm³/mol. The van der Waals surface area contributed by atoms with Crippen molar-refractivity contribution < 1.29 is 9.59 Å². The molecule has 0 spiro atoms. The Morgan fingerprint density at radius 3 is 2.71 bits per heavy atom. The van der Waals surface area contributed by atoms with Gasteiger partial charge >= 0.3 is 6.03 Å². The van der Waals surface area contributed by atoms with E-state index in [0.717, 1.165) is 29.7 Å². The SMILES string of the molecule is NC(=O)N1CCCc2ccc(NC(=O)c3cncnc3-c3ccccc3)cc21. The molecule has 140 valence electrons. The van der Waals surface area contributed by atoms with Gasteiger partial charge in [-0.3, -0.25) is 9.69 Å². The van der Waals surface area contributed by atoms with Crippen LogP contribution in [0.5, 0.6) is 0 Å². The van der Waals surface area contributed by atoms with E-state index in [1.165, 1.54) is 17.4 Å². The molecule has 1 aromatic heterocycles. The van der Waals surface area contributed by atoms with Gasteiger partial charge < -0.3 is 11.1 Å². The van der Waals surface area contributed by atoms with Crippen LogP contribution in [0.3, 0.4) is 0 Å². The maximum Gasteiger partial charge on any atom is 0.319 e. The van der Waals surface area contributed by atoms with Gasteiger partial charge in [-0.1, -0.05) is 36.4 Å². The first-order valence-corrected chi connectivity index (χ1v) is 9.00. The second-order valence-corrected chi connectivity index (χ2v) is 6.54. The van der Waals surface area contributed by atoms with E-state index in [-0.39, 0.29) is 5.91 Å². The van der Waals surface area contributed by atoms with Crippen molar-refractivity contribution >= 4 is 23.3 Å². The summed E-state index contributed by atoms with van der Waals surface area (Å²) in [5.41, 5.74) is 9.62. The monoisotopic (exact) mass is 373 g/mol. The third-order valence-electron chi connectivity index (χ3n) is 4.73. The van der Waals surface area contributed by atoms with Gasteiger partial charge in [0.2, 0.25) is 0 Å². The van der Waals surface area contributed by atoms with Crippen LogP contribution in [0.15, 0.2) is 61.1 Å². The number of urea groups is 1. The fourth-order valence-corrected chi connectivity index (χ4v) is 3.40. The molecule has 7 nitrogen and oxygen atoms in total. The van der Waals surface area contributed by atoms with Crippen LogP contribution in [0.25, 0.3) is 11.3 Å². The minimum atomic E-state index is -0.493. The molecule has 0 atom stereocenters. The lowest BCUT2D eigenvalue weighted by molar-refractivity contribution is 0.102. The summed E-state index contributed by atoms with van der Waals surface area (Å²) in [7, 11) is 0. The summed E-state index contributed by atoms with van der Waals surface area (Å²) < 4.78 is 0. The van der Waals surface area contributed by atoms with Gasteiger partial charge in [0.1, 0.15) is 6.33 Å². The highest BCUT2D eigenvalue weighted by Gasteiger charge is 2.22. The molecule has 0 bridgehead atoms. The van der Waals surface area contributed by atoms with E-state index in [4.69, 9.17) is 5.73 Å². The number of anilines is 2. The van der Waals surface area contributed by atoms with Crippen LogP contribution >= 0.6 is 0 Å². The van der Waals surface area contributed by atoms with Crippen LogP contribution in [0, 0.1) is 0 Å². The molecule has 0 saturated carbocycles. The molecule has 1 aliphatic heterocycles. The molecule has 0 aliphatic carbocycles. The number of benzene rings is 2. The van der Waals surface area contributed by atoms with Crippen LogP contribution in [0.4, 0.5) is 16.2 Å². The molecule has 4 rings (SSSR count). The number of carbonyl (C=O) groups excluding carboxylic acids is 2. The number of carbonyl (C=O) groups is 2. The number of nitrogens with two attached hydrogens (primary N) is 1. The highest BCUT2D eigenvalue weighted by molar-refractivity contribution is 6.08. The van der Waals surface area contributed by atoms with E-state index in [2.05, 4.69) is 15.3 Å². The van der Waals surface area contributed by atoms with E-state index in [0.29, 0.717) is 23.5 Å². The van der Waals surface area contributed by atoms with Gasteiger partial charge in [0.05, 0.1) is 16.9 Å². The first-order valence-electron chi connectivity index (χ1n) is 9.00. The summed E-state index contributed by atoms with van der Waals surface area (Å²) in [6, 6.07) is 14.5. The number of rotatable bonds is 3. The minimum absolute atomic E-state index is 0.319. The number of aryl methyl sites for hydroxylation is 1. The van der Waals surface area contributed by atoms with Crippen molar-refractivity contribution in [3.05, 3.63) is 72.2 Å². The van der Waals surface area contributed by atoms with Gasteiger partial charge in [-0.15, -0.1) is 0 Å². The summed E-state index contributed by atoms with van der Waals surface area (Å²) in [5.74, 6) is -0.319. The minimum Gasteiger partial charge on any atom is -0.351 e. The molecular formula is C21H19N5O2. The molecule has 3 aromatic rings. The lowest BCUT2D eigenvalue weighted by Gasteiger charge is -2.28. The largest absolute Gasteiger partial charge is 0.351 e. The van der Waals surface area contributed by atoms with E-state index in [9.17, 15) is 9.59 Å². The second kappa shape index (κ2) is 7.48. The van der Waals surface area contributed by atoms with E-state index in [1.807, 2.05) is 42.5 Å². The Labute approximate surface area is 162 Å². The number of amides is 3. The molecule has 1 aliphatic rings. The summed E-state index contributed by atoms with van der Waals surface area (Å²) in [6.45, 7) is 0.574. The second-order valence-electron chi connectivity index (χ2n) is 6.54. The third kappa shape index (κ3) is 3.42. The number of nitrogens with one attached hydrogen (secondary N) is 1. The lowest BCUT2D eigenvalue weighted by atomic mass is 10.0. The van der Waals surface area contributed by atoms with Gasteiger partial charge in [0.25, 0.3) is 5.91 Å². The molecule has 3 amide bonds. The first-order chi connectivity index (χ1) is 13.6. The van der Waals surface area contributed by atoms with Crippen molar-refractivity contribution in [3.8, 4) is 11.3 Å². The first kappa shape index (κ1) is 17.7. The number of nitrogens with zero attached hydrogens (tertiary/aromatic N) is 3. The Morgan fingerprint density at radius 2 is 1.93 bits per heavy atom. The van der Waals surface area contributed by atoms with Crippen LogP contribution < -0.4 is 16.0 Å². The Balaban J connectivity index is 1.64. The molecule has 0 unspecified atom stereocenters. The topological polar surface area (TPSA) is 101 Å². The van der Waals surface area contributed by atoms with Crippen molar-refractivity contribution in [2.45, 2.75) is 12.8 Å². The number of hydrogen-bond donors (Lipinski definition) is 2. The highest BCUT2D eigenvalue weighted by atomic mass is 16.2. The third-order valence-corrected chi connectivity index (χ3v) is 4.73. The normalized spacial score (nSPS) is 12.9. The zero-order valence-corrected chi connectivity index (χ0v) is 15.1. The standard InChI is InChI=1S/C21H19N5O2/c22-21(28)26-10-4-7-14-8-9-16(11-18(14)26)25-20(27)17-12-23-13-24-19(17)15-5-2-1-3-6-15/h1-3,5-6,8-9,11-13H,4,7,10H2,(H2,22,28)(H,25,27). The molecule has 7 heteroatoms. The maximum absolute atomic E-state index is 12.9. The van der Waals surface area contributed by atoms with Crippen molar-refractivity contribution in [2.24, 2.45) is 5.73 Å². The van der Waals surface area contributed by atoms with Gasteiger partial charge in [-0.2, -0.15) is 0 Å². The summed E-state index contributed by atoms with van der Waals surface area (Å²) >= 11 is 0. The average Bonchev–Trinajstić information content (AvgIpc) is 2.73. The van der Waals surface area contributed by atoms with Crippen LogP contribution in [-0.4, -0.2) is 28.5 Å². The average molecular weight is 373 g/mol. The van der Waals surface area contributed by atoms with Gasteiger partial charge in [0.15, 0.2) is 0 Å². The molecule has 0 radical (unpaired) electrons. The molecule has 0 fully saturated rings. The smallest absolute Gasteiger partial charge is 0.319 e. The molecule has 28 heavy (non-hydrogen) atoms. The lowest BCUT2D eigenvalue weighted by Crippen LogP contribution is -2.39. The van der Waals surface area contributed by atoms with E-state index in [1.54, 1.807) is 6.07 Å². The Kier molecular flexibility index (Phi) is 4.72.